The van der Waals surface area contributed by atoms with Crippen LogP contribution in [0.25, 0.3) is 0 Å². The zero-order chi connectivity index (χ0) is 9.68. The summed E-state index contributed by atoms with van der Waals surface area (Å²) in [5, 5.41) is 4.04. The molecule has 0 bridgehead atoms. The molecular formula is C10H13Cl2N. The van der Waals surface area contributed by atoms with Crippen LogP contribution in [0.15, 0.2) is 18.2 Å². The van der Waals surface area contributed by atoms with E-state index in [1.165, 1.54) is 5.56 Å². The largest absolute Gasteiger partial charge is 0.311 e. The molecule has 0 aliphatic carbocycles. The summed E-state index contributed by atoms with van der Waals surface area (Å²) in [6.07, 6.45) is 0. The fourth-order valence-electron chi connectivity index (χ4n) is 1.12. The van der Waals surface area contributed by atoms with Crippen molar-refractivity contribution in [3.8, 4) is 0 Å². The number of benzene rings is 1. The van der Waals surface area contributed by atoms with Crippen LogP contribution in [0.3, 0.4) is 0 Å². The van der Waals surface area contributed by atoms with Gasteiger partial charge in [0.1, 0.15) is 0 Å². The van der Waals surface area contributed by atoms with Gasteiger partial charge in [-0.1, -0.05) is 23.7 Å². The van der Waals surface area contributed by atoms with E-state index >= 15 is 0 Å². The Morgan fingerprint density at radius 3 is 2.77 bits per heavy atom. The van der Waals surface area contributed by atoms with E-state index in [1.54, 1.807) is 0 Å². The van der Waals surface area contributed by atoms with E-state index in [1.807, 2.05) is 19.1 Å². The van der Waals surface area contributed by atoms with Gasteiger partial charge in [0.25, 0.3) is 0 Å². The molecule has 13 heavy (non-hydrogen) atoms. The molecule has 0 aliphatic heterocycles. The quantitative estimate of drug-likeness (QED) is 0.605. The van der Waals surface area contributed by atoms with Gasteiger partial charge in [0.05, 0.1) is 0 Å². The smallest absolute Gasteiger partial charge is 0.0435 e. The van der Waals surface area contributed by atoms with Crippen LogP contribution >= 0.6 is 23.2 Å². The highest BCUT2D eigenvalue weighted by molar-refractivity contribution is 6.31. The molecule has 3 heteroatoms. The molecule has 0 amide bonds. The van der Waals surface area contributed by atoms with Crippen LogP contribution < -0.4 is 5.32 Å². The first-order valence-corrected chi connectivity index (χ1v) is 5.17. The van der Waals surface area contributed by atoms with E-state index < -0.39 is 0 Å². The lowest BCUT2D eigenvalue weighted by atomic mass is 10.1. The molecule has 0 aliphatic rings. The van der Waals surface area contributed by atoms with Gasteiger partial charge in [-0.3, -0.25) is 0 Å². The van der Waals surface area contributed by atoms with Gasteiger partial charge in [-0.15, -0.1) is 11.6 Å². The SMILES string of the molecule is Cc1cc(CNCCCl)ccc1Cl. The highest BCUT2D eigenvalue weighted by atomic mass is 35.5. The van der Waals surface area contributed by atoms with Crippen LogP contribution in [0.4, 0.5) is 0 Å². The molecule has 0 unspecified atom stereocenters. The fraction of sp³-hybridized carbons (Fsp3) is 0.400. The summed E-state index contributed by atoms with van der Waals surface area (Å²) < 4.78 is 0. The normalized spacial score (nSPS) is 10.4. The van der Waals surface area contributed by atoms with Crippen LogP contribution in [0.5, 0.6) is 0 Å². The van der Waals surface area contributed by atoms with Gasteiger partial charge in [0, 0.05) is 24.0 Å². The minimum atomic E-state index is 0.645. The van der Waals surface area contributed by atoms with Crippen molar-refractivity contribution in [2.75, 3.05) is 12.4 Å². The van der Waals surface area contributed by atoms with Crippen molar-refractivity contribution < 1.29 is 0 Å². The Bertz CT molecular complexity index is 274. The molecule has 72 valence electrons. The van der Waals surface area contributed by atoms with Gasteiger partial charge in [-0.25, -0.2) is 0 Å². The lowest BCUT2D eigenvalue weighted by Gasteiger charge is -2.04. The van der Waals surface area contributed by atoms with Gasteiger partial charge in [0.15, 0.2) is 0 Å². The van der Waals surface area contributed by atoms with E-state index in [9.17, 15) is 0 Å². The van der Waals surface area contributed by atoms with E-state index in [0.29, 0.717) is 5.88 Å². The average molecular weight is 218 g/mol. The van der Waals surface area contributed by atoms with Gasteiger partial charge < -0.3 is 5.32 Å². The van der Waals surface area contributed by atoms with Crippen LogP contribution in [-0.2, 0) is 6.54 Å². The van der Waals surface area contributed by atoms with Gasteiger partial charge >= 0.3 is 0 Å². The summed E-state index contributed by atoms with van der Waals surface area (Å²) in [5.41, 5.74) is 2.36. The Balaban J connectivity index is 2.53. The highest BCUT2D eigenvalue weighted by Gasteiger charge is 1.96. The maximum absolute atomic E-state index is 5.90. The molecule has 0 saturated heterocycles. The third kappa shape index (κ3) is 3.55. The number of aryl methyl sites for hydroxylation is 1. The predicted octanol–water partition coefficient (Wildman–Crippen LogP) is 2.98. The first kappa shape index (κ1) is 10.8. The van der Waals surface area contributed by atoms with Crippen molar-refractivity contribution >= 4 is 23.2 Å². The van der Waals surface area contributed by atoms with Crippen molar-refractivity contribution in [1.29, 1.82) is 0 Å². The highest BCUT2D eigenvalue weighted by Crippen LogP contribution is 2.15. The average Bonchev–Trinajstić information content (AvgIpc) is 2.12. The van der Waals surface area contributed by atoms with Crippen molar-refractivity contribution in [2.45, 2.75) is 13.5 Å². The van der Waals surface area contributed by atoms with Crippen LogP contribution in [-0.4, -0.2) is 12.4 Å². The van der Waals surface area contributed by atoms with E-state index in [2.05, 4.69) is 11.4 Å². The number of nitrogens with one attached hydrogen (secondary N) is 1. The van der Waals surface area contributed by atoms with E-state index in [-0.39, 0.29) is 0 Å². The first-order valence-electron chi connectivity index (χ1n) is 4.25. The second-order valence-corrected chi connectivity index (χ2v) is 3.73. The minimum Gasteiger partial charge on any atom is -0.311 e. The number of rotatable bonds is 4. The van der Waals surface area contributed by atoms with Gasteiger partial charge in [-0.2, -0.15) is 0 Å². The number of hydrogen-bond donors (Lipinski definition) is 1. The van der Waals surface area contributed by atoms with Crippen LogP contribution in [0.1, 0.15) is 11.1 Å². The number of halogens is 2. The molecule has 1 aromatic rings. The predicted molar refractivity (Wildman–Crippen MR) is 58.6 cm³/mol. The Hall–Kier alpha value is -0.240. The molecule has 0 heterocycles. The molecule has 0 atom stereocenters. The Kier molecular flexibility index (Phi) is 4.57. The van der Waals surface area contributed by atoms with E-state index in [0.717, 1.165) is 23.7 Å². The maximum Gasteiger partial charge on any atom is 0.0435 e. The van der Waals surface area contributed by atoms with Crippen molar-refractivity contribution in [1.82, 2.24) is 5.32 Å². The second-order valence-electron chi connectivity index (χ2n) is 2.95. The lowest BCUT2D eigenvalue weighted by molar-refractivity contribution is 0.730. The standard InChI is InChI=1S/C10H13Cl2N/c1-8-6-9(2-3-10(8)12)7-13-5-4-11/h2-3,6,13H,4-5,7H2,1H3. The van der Waals surface area contributed by atoms with Crippen LogP contribution in [0, 0.1) is 6.92 Å². The zero-order valence-corrected chi connectivity index (χ0v) is 9.12. The summed E-state index contributed by atoms with van der Waals surface area (Å²) in [6.45, 7) is 3.70. The molecule has 1 rings (SSSR count). The number of hydrogen-bond acceptors (Lipinski definition) is 1. The lowest BCUT2D eigenvalue weighted by Crippen LogP contribution is -2.15. The fourth-order valence-corrected chi connectivity index (χ4v) is 1.37. The Morgan fingerprint density at radius 1 is 1.38 bits per heavy atom. The van der Waals surface area contributed by atoms with Crippen molar-refractivity contribution in [3.63, 3.8) is 0 Å². The molecule has 0 fully saturated rings. The zero-order valence-electron chi connectivity index (χ0n) is 7.61. The molecule has 1 N–H and O–H groups in total. The number of alkyl halides is 1. The molecule has 1 nitrogen and oxygen atoms in total. The summed E-state index contributed by atoms with van der Waals surface area (Å²) in [4.78, 5) is 0. The summed E-state index contributed by atoms with van der Waals surface area (Å²) >= 11 is 11.4. The summed E-state index contributed by atoms with van der Waals surface area (Å²) in [5.74, 6) is 0.645. The molecule has 0 radical (unpaired) electrons. The molecular weight excluding hydrogens is 205 g/mol. The van der Waals surface area contributed by atoms with Crippen LogP contribution in [0.2, 0.25) is 5.02 Å². The third-order valence-electron chi connectivity index (χ3n) is 1.82. The monoisotopic (exact) mass is 217 g/mol. The van der Waals surface area contributed by atoms with Crippen molar-refractivity contribution in [2.24, 2.45) is 0 Å². The summed E-state index contributed by atoms with van der Waals surface area (Å²) in [7, 11) is 0. The Labute approximate surface area is 89.0 Å². The minimum absolute atomic E-state index is 0.645. The third-order valence-corrected chi connectivity index (χ3v) is 2.44. The first-order chi connectivity index (χ1) is 6.24. The summed E-state index contributed by atoms with van der Waals surface area (Å²) in [6, 6.07) is 6.04. The topological polar surface area (TPSA) is 12.0 Å². The van der Waals surface area contributed by atoms with E-state index in [4.69, 9.17) is 23.2 Å². The Morgan fingerprint density at radius 2 is 2.15 bits per heavy atom. The van der Waals surface area contributed by atoms with Gasteiger partial charge in [0.2, 0.25) is 0 Å². The van der Waals surface area contributed by atoms with Crippen molar-refractivity contribution in [3.05, 3.63) is 34.3 Å². The van der Waals surface area contributed by atoms with Gasteiger partial charge in [-0.05, 0) is 24.1 Å². The second kappa shape index (κ2) is 5.48. The molecule has 0 spiro atoms. The maximum atomic E-state index is 5.90. The molecule has 0 aromatic heterocycles. The molecule has 0 saturated carbocycles. The molecule has 1 aromatic carbocycles.